The lowest BCUT2D eigenvalue weighted by Gasteiger charge is -2.18. The van der Waals surface area contributed by atoms with Crippen LogP contribution in [0.3, 0.4) is 0 Å². The molecule has 2 aromatic rings. The summed E-state index contributed by atoms with van der Waals surface area (Å²) in [5.41, 5.74) is 1.22. The van der Waals surface area contributed by atoms with E-state index in [1.807, 2.05) is 30.3 Å². The monoisotopic (exact) mass is 294 g/mol. The van der Waals surface area contributed by atoms with Crippen LogP contribution < -0.4 is 0 Å². The first kappa shape index (κ1) is 12.3. The SMILES string of the molecule is O[C@H](c1ccccc1F)[C@@H](Br)c1ccccc1. The number of hydrogen-bond acceptors (Lipinski definition) is 1. The lowest BCUT2D eigenvalue weighted by Crippen LogP contribution is -2.07. The van der Waals surface area contributed by atoms with E-state index in [1.165, 1.54) is 6.07 Å². The molecule has 0 radical (unpaired) electrons. The highest BCUT2D eigenvalue weighted by molar-refractivity contribution is 9.09. The van der Waals surface area contributed by atoms with Crippen LogP contribution in [0, 0.1) is 5.82 Å². The van der Waals surface area contributed by atoms with E-state index in [9.17, 15) is 9.50 Å². The first-order valence-electron chi connectivity index (χ1n) is 5.31. The van der Waals surface area contributed by atoms with E-state index in [1.54, 1.807) is 18.2 Å². The van der Waals surface area contributed by atoms with Crippen molar-refractivity contribution in [2.24, 2.45) is 0 Å². The Bertz CT molecular complexity index is 487. The second-order valence-electron chi connectivity index (χ2n) is 3.78. The van der Waals surface area contributed by atoms with E-state index < -0.39 is 6.10 Å². The molecule has 0 spiro atoms. The molecule has 1 N–H and O–H groups in total. The molecule has 0 unspecified atom stereocenters. The van der Waals surface area contributed by atoms with Crippen molar-refractivity contribution in [2.45, 2.75) is 10.9 Å². The van der Waals surface area contributed by atoms with Gasteiger partial charge in [0.1, 0.15) is 5.82 Å². The van der Waals surface area contributed by atoms with E-state index in [2.05, 4.69) is 15.9 Å². The Balaban J connectivity index is 2.27. The number of alkyl halides is 1. The maximum atomic E-state index is 13.5. The minimum atomic E-state index is -0.904. The van der Waals surface area contributed by atoms with Gasteiger partial charge in [0.15, 0.2) is 0 Å². The van der Waals surface area contributed by atoms with Crippen molar-refractivity contribution in [2.75, 3.05) is 0 Å². The molecule has 0 saturated heterocycles. The minimum Gasteiger partial charge on any atom is -0.387 e. The van der Waals surface area contributed by atoms with Crippen LogP contribution in [0.1, 0.15) is 22.1 Å². The predicted molar refractivity (Wildman–Crippen MR) is 69.5 cm³/mol. The summed E-state index contributed by atoms with van der Waals surface area (Å²) in [5.74, 6) is -0.389. The third kappa shape index (κ3) is 2.73. The van der Waals surface area contributed by atoms with Crippen molar-refractivity contribution in [1.29, 1.82) is 0 Å². The average Bonchev–Trinajstić information content (AvgIpc) is 2.39. The largest absolute Gasteiger partial charge is 0.387 e. The zero-order chi connectivity index (χ0) is 12.3. The highest BCUT2D eigenvalue weighted by Crippen LogP contribution is 2.36. The molecule has 0 aliphatic carbocycles. The molecule has 1 nitrogen and oxygen atoms in total. The van der Waals surface area contributed by atoms with Gasteiger partial charge in [0.2, 0.25) is 0 Å². The second kappa shape index (κ2) is 5.43. The van der Waals surface area contributed by atoms with Crippen molar-refractivity contribution >= 4 is 15.9 Å². The Kier molecular flexibility index (Phi) is 3.92. The Hall–Kier alpha value is -1.19. The smallest absolute Gasteiger partial charge is 0.129 e. The second-order valence-corrected chi connectivity index (χ2v) is 4.77. The fourth-order valence-electron chi connectivity index (χ4n) is 1.69. The number of halogens is 2. The molecule has 0 saturated carbocycles. The van der Waals surface area contributed by atoms with E-state index >= 15 is 0 Å². The molecule has 0 bridgehead atoms. The molecule has 88 valence electrons. The molecule has 0 heterocycles. The van der Waals surface area contributed by atoms with Crippen molar-refractivity contribution in [1.82, 2.24) is 0 Å². The van der Waals surface area contributed by atoms with Crippen LogP contribution >= 0.6 is 15.9 Å². The summed E-state index contributed by atoms with van der Waals surface area (Å²) < 4.78 is 13.5. The molecule has 2 rings (SSSR count). The van der Waals surface area contributed by atoms with Crippen LogP contribution in [-0.2, 0) is 0 Å². The number of hydrogen-bond donors (Lipinski definition) is 1. The maximum absolute atomic E-state index is 13.5. The van der Waals surface area contributed by atoms with Crippen molar-refractivity contribution in [3.63, 3.8) is 0 Å². The number of aliphatic hydroxyl groups is 1. The van der Waals surface area contributed by atoms with E-state index in [0.717, 1.165) is 5.56 Å². The highest BCUT2D eigenvalue weighted by atomic mass is 79.9. The van der Waals surface area contributed by atoms with Gasteiger partial charge < -0.3 is 5.11 Å². The van der Waals surface area contributed by atoms with Gasteiger partial charge in [-0.3, -0.25) is 0 Å². The standard InChI is InChI=1S/C14H12BrFO/c15-13(10-6-2-1-3-7-10)14(17)11-8-4-5-9-12(11)16/h1-9,13-14,17H/t13-,14+/m0/s1. The molecule has 2 aromatic carbocycles. The highest BCUT2D eigenvalue weighted by Gasteiger charge is 2.22. The third-order valence-electron chi connectivity index (χ3n) is 2.62. The van der Waals surface area contributed by atoms with Crippen molar-refractivity contribution in [3.05, 3.63) is 71.5 Å². The average molecular weight is 295 g/mol. The fourth-order valence-corrected chi connectivity index (χ4v) is 2.28. The quantitative estimate of drug-likeness (QED) is 0.849. The summed E-state index contributed by atoms with van der Waals surface area (Å²) in [6.07, 6.45) is -0.904. The Labute approximate surface area is 108 Å². The molecule has 0 aliphatic heterocycles. The van der Waals surface area contributed by atoms with Crippen LogP contribution in [0.25, 0.3) is 0 Å². The first-order chi connectivity index (χ1) is 8.20. The van der Waals surface area contributed by atoms with Gasteiger partial charge in [0, 0.05) is 5.56 Å². The van der Waals surface area contributed by atoms with Crippen LogP contribution in [0.5, 0.6) is 0 Å². The van der Waals surface area contributed by atoms with Gasteiger partial charge in [0.25, 0.3) is 0 Å². The lowest BCUT2D eigenvalue weighted by molar-refractivity contribution is 0.172. The van der Waals surface area contributed by atoms with E-state index in [0.29, 0.717) is 5.56 Å². The lowest BCUT2D eigenvalue weighted by atomic mass is 10.0. The van der Waals surface area contributed by atoms with Crippen LogP contribution in [0.15, 0.2) is 54.6 Å². The zero-order valence-electron chi connectivity index (χ0n) is 9.05. The summed E-state index contributed by atoms with van der Waals surface area (Å²) in [6, 6.07) is 15.7. The van der Waals surface area contributed by atoms with Gasteiger partial charge in [-0.15, -0.1) is 0 Å². The summed E-state index contributed by atoms with van der Waals surface area (Å²) >= 11 is 3.41. The van der Waals surface area contributed by atoms with Crippen molar-refractivity contribution < 1.29 is 9.50 Å². The first-order valence-corrected chi connectivity index (χ1v) is 6.23. The minimum absolute atomic E-state index is 0.304. The Morgan fingerprint density at radius 3 is 2.18 bits per heavy atom. The summed E-state index contributed by atoms with van der Waals surface area (Å²) in [5, 5.41) is 10.1. The predicted octanol–water partition coefficient (Wildman–Crippen LogP) is 4.00. The van der Waals surface area contributed by atoms with E-state index in [-0.39, 0.29) is 10.6 Å². The topological polar surface area (TPSA) is 20.2 Å². The summed E-state index contributed by atoms with van der Waals surface area (Å²) in [4.78, 5) is -0.319. The molecule has 2 atom stereocenters. The van der Waals surface area contributed by atoms with Crippen LogP contribution in [-0.4, -0.2) is 5.11 Å². The summed E-state index contributed by atoms with van der Waals surface area (Å²) in [7, 11) is 0. The molecular weight excluding hydrogens is 283 g/mol. The van der Waals surface area contributed by atoms with Gasteiger partial charge in [-0.2, -0.15) is 0 Å². The molecule has 0 aromatic heterocycles. The van der Waals surface area contributed by atoms with Gasteiger partial charge in [-0.25, -0.2) is 4.39 Å². The molecule has 0 aliphatic rings. The van der Waals surface area contributed by atoms with Gasteiger partial charge >= 0.3 is 0 Å². The number of benzene rings is 2. The van der Waals surface area contributed by atoms with Gasteiger partial charge in [0.05, 0.1) is 10.9 Å². The Morgan fingerprint density at radius 2 is 1.53 bits per heavy atom. The van der Waals surface area contributed by atoms with E-state index in [4.69, 9.17) is 0 Å². The third-order valence-corrected chi connectivity index (χ3v) is 3.65. The van der Waals surface area contributed by atoms with Gasteiger partial charge in [-0.05, 0) is 11.6 Å². The van der Waals surface area contributed by atoms with Crippen LogP contribution in [0.2, 0.25) is 0 Å². The number of aliphatic hydroxyl groups excluding tert-OH is 1. The fraction of sp³-hybridized carbons (Fsp3) is 0.143. The normalized spacial score (nSPS) is 14.3. The molecule has 0 amide bonds. The molecule has 17 heavy (non-hydrogen) atoms. The molecule has 0 fully saturated rings. The number of rotatable bonds is 3. The summed E-state index contributed by atoms with van der Waals surface area (Å²) in [6.45, 7) is 0. The van der Waals surface area contributed by atoms with Crippen LogP contribution in [0.4, 0.5) is 4.39 Å². The van der Waals surface area contributed by atoms with Gasteiger partial charge in [-0.1, -0.05) is 64.5 Å². The maximum Gasteiger partial charge on any atom is 0.129 e. The Morgan fingerprint density at radius 1 is 0.941 bits per heavy atom. The zero-order valence-corrected chi connectivity index (χ0v) is 10.6. The molecular formula is C14H12BrFO. The van der Waals surface area contributed by atoms with Crippen molar-refractivity contribution in [3.8, 4) is 0 Å². The molecule has 3 heteroatoms.